The molecule has 1 amide bonds. The third-order valence-electron chi connectivity index (χ3n) is 6.52. The van der Waals surface area contributed by atoms with Gasteiger partial charge in [-0.2, -0.15) is 4.37 Å². The summed E-state index contributed by atoms with van der Waals surface area (Å²) in [5, 5.41) is 6.33. The molecule has 2 bridgehead atoms. The number of hydrogen-bond acceptors (Lipinski definition) is 6. The lowest BCUT2D eigenvalue weighted by Gasteiger charge is -2.36. The lowest BCUT2D eigenvalue weighted by molar-refractivity contribution is 0.0894. The standard InChI is InChI=1S/C19H24N4OS2/c1-10-11(2)25-9-14(10)18(24)20-16-13-7-15(16)23(8-13)19-21-17(22-26-19)12-5-3-4-6-12/h9,12-13,15-16H,3-8H2,1-2H3,(H,20,24). The van der Waals surface area contributed by atoms with Crippen molar-refractivity contribution >= 4 is 33.9 Å². The third-order valence-corrected chi connectivity index (χ3v) is 8.30. The van der Waals surface area contributed by atoms with Gasteiger partial charge in [0.05, 0.1) is 17.6 Å². The summed E-state index contributed by atoms with van der Waals surface area (Å²) >= 11 is 3.19. The molecule has 26 heavy (non-hydrogen) atoms. The summed E-state index contributed by atoms with van der Waals surface area (Å²) < 4.78 is 4.65. The van der Waals surface area contributed by atoms with Crippen LogP contribution >= 0.6 is 22.9 Å². The first-order chi connectivity index (χ1) is 12.6. The van der Waals surface area contributed by atoms with Gasteiger partial charge >= 0.3 is 0 Å². The molecule has 2 aromatic rings. The van der Waals surface area contributed by atoms with Crippen molar-refractivity contribution in [3.8, 4) is 0 Å². The van der Waals surface area contributed by atoms with Crippen LogP contribution in [-0.2, 0) is 0 Å². The second kappa shape index (κ2) is 6.30. The van der Waals surface area contributed by atoms with E-state index in [0.717, 1.165) is 35.0 Å². The predicted octanol–water partition coefficient (Wildman–Crippen LogP) is 3.88. The van der Waals surface area contributed by atoms with Gasteiger partial charge in [-0.3, -0.25) is 4.79 Å². The Balaban J connectivity index is 1.27. The molecule has 5 nitrogen and oxygen atoms in total. The second-order valence-corrected chi connectivity index (χ2v) is 9.78. The van der Waals surface area contributed by atoms with E-state index >= 15 is 0 Å². The number of carbonyl (C=O) groups is 1. The van der Waals surface area contributed by atoms with Crippen molar-refractivity contribution in [1.82, 2.24) is 14.7 Å². The van der Waals surface area contributed by atoms with E-state index in [4.69, 9.17) is 4.98 Å². The van der Waals surface area contributed by atoms with Gasteiger partial charge in [-0.1, -0.05) is 12.8 Å². The lowest BCUT2D eigenvalue weighted by atomic mass is 9.80. The molecule has 4 fully saturated rings. The zero-order chi connectivity index (χ0) is 17.8. The van der Waals surface area contributed by atoms with Crippen LogP contribution in [0.25, 0.3) is 0 Å². The Morgan fingerprint density at radius 3 is 2.85 bits per heavy atom. The Labute approximate surface area is 162 Å². The average molecular weight is 389 g/mol. The van der Waals surface area contributed by atoms with Crippen LogP contribution in [0.1, 0.15) is 64.6 Å². The van der Waals surface area contributed by atoms with Gasteiger partial charge in [0.25, 0.3) is 5.91 Å². The molecule has 2 saturated heterocycles. The van der Waals surface area contributed by atoms with E-state index < -0.39 is 0 Å². The normalized spacial score (nSPS) is 27.8. The number of hydrogen-bond donors (Lipinski definition) is 1. The molecule has 4 aliphatic rings. The minimum absolute atomic E-state index is 0.0808. The maximum absolute atomic E-state index is 12.7. The molecule has 0 radical (unpaired) electrons. The maximum Gasteiger partial charge on any atom is 0.252 e. The Morgan fingerprint density at radius 1 is 1.31 bits per heavy atom. The van der Waals surface area contributed by atoms with Crippen LogP contribution in [0.5, 0.6) is 0 Å². The van der Waals surface area contributed by atoms with E-state index in [1.165, 1.54) is 30.6 Å². The van der Waals surface area contributed by atoms with E-state index in [-0.39, 0.29) is 11.9 Å². The number of amides is 1. The maximum atomic E-state index is 12.7. The van der Waals surface area contributed by atoms with E-state index in [9.17, 15) is 4.79 Å². The summed E-state index contributed by atoms with van der Waals surface area (Å²) in [6.45, 7) is 5.10. The molecule has 138 valence electrons. The van der Waals surface area contributed by atoms with E-state index in [2.05, 4.69) is 21.5 Å². The van der Waals surface area contributed by atoms with Crippen LogP contribution in [0, 0.1) is 19.8 Å². The fourth-order valence-electron chi connectivity index (χ4n) is 4.71. The highest BCUT2D eigenvalue weighted by atomic mass is 32.1. The van der Waals surface area contributed by atoms with Crippen molar-refractivity contribution in [3.05, 3.63) is 27.2 Å². The van der Waals surface area contributed by atoms with E-state index in [1.807, 2.05) is 12.3 Å². The van der Waals surface area contributed by atoms with Crippen LogP contribution in [0.4, 0.5) is 5.13 Å². The molecule has 0 aromatic carbocycles. The number of anilines is 1. The molecule has 6 rings (SSSR count). The Bertz CT molecular complexity index is 838. The van der Waals surface area contributed by atoms with Gasteiger partial charge in [0.2, 0.25) is 5.13 Å². The molecule has 3 unspecified atom stereocenters. The van der Waals surface area contributed by atoms with Crippen molar-refractivity contribution in [2.75, 3.05) is 11.4 Å². The van der Waals surface area contributed by atoms with Crippen molar-refractivity contribution in [2.45, 2.75) is 64.0 Å². The van der Waals surface area contributed by atoms with Gasteiger partial charge in [-0.25, -0.2) is 4.98 Å². The summed E-state index contributed by atoms with van der Waals surface area (Å²) in [6, 6.07) is 0.634. The number of thiophene rings is 1. The molecule has 4 heterocycles. The van der Waals surface area contributed by atoms with E-state index in [1.54, 1.807) is 22.9 Å². The summed E-state index contributed by atoms with van der Waals surface area (Å²) in [7, 11) is 0. The number of nitrogens with one attached hydrogen (secondary N) is 1. The van der Waals surface area contributed by atoms with Gasteiger partial charge in [0.15, 0.2) is 0 Å². The first kappa shape index (κ1) is 16.7. The molecular formula is C19H24N4OS2. The molecule has 3 atom stereocenters. The molecule has 2 aromatic heterocycles. The largest absolute Gasteiger partial charge is 0.347 e. The topological polar surface area (TPSA) is 58.1 Å². The highest BCUT2D eigenvalue weighted by Crippen LogP contribution is 2.45. The van der Waals surface area contributed by atoms with Crippen LogP contribution in [-0.4, -0.2) is 33.9 Å². The number of carbonyl (C=O) groups excluding carboxylic acids is 1. The molecule has 2 aliphatic heterocycles. The highest BCUT2D eigenvalue weighted by molar-refractivity contribution is 7.10. The fraction of sp³-hybridized carbons (Fsp3) is 0.632. The number of nitrogens with zero attached hydrogens (tertiary/aromatic N) is 3. The lowest BCUT2D eigenvalue weighted by Crippen LogP contribution is -2.54. The van der Waals surface area contributed by atoms with Crippen LogP contribution < -0.4 is 10.2 Å². The quantitative estimate of drug-likeness (QED) is 0.863. The second-order valence-electron chi connectivity index (χ2n) is 7.96. The van der Waals surface area contributed by atoms with E-state index in [0.29, 0.717) is 17.9 Å². The highest BCUT2D eigenvalue weighted by Gasteiger charge is 2.53. The summed E-state index contributed by atoms with van der Waals surface area (Å²) in [4.78, 5) is 21.1. The minimum atomic E-state index is 0.0808. The number of fused-ring (bicyclic) bond motifs is 1. The number of aromatic nitrogens is 2. The zero-order valence-electron chi connectivity index (χ0n) is 15.2. The van der Waals surface area contributed by atoms with Crippen molar-refractivity contribution in [2.24, 2.45) is 5.92 Å². The fourth-order valence-corrected chi connectivity index (χ4v) is 6.39. The molecule has 7 heteroatoms. The summed E-state index contributed by atoms with van der Waals surface area (Å²) in [5.74, 6) is 2.24. The Kier molecular flexibility index (Phi) is 4.05. The van der Waals surface area contributed by atoms with Crippen LogP contribution in [0.15, 0.2) is 5.38 Å². The summed E-state index contributed by atoms with van der Waals surface area (Å²) in [5.41, 5.74) is 1.95. The SMILES string of the molecule is Cc1scc(C(=O)NC2C3CC2N(c2nc(C4CCCC4)ns2)C3)c1C. The van der Waals surface area contributed by atoms with Crippen molar-refractivity contribution in [1.29, 1.82) is 0 Å². The Morgan fingerprint density at radius 2 is 2.12 bits per heavy atom. The molecule has 2 saturated carbocycles. The van der Waals surface area contributed by atoms with Crippen LogP contribution in [0.3, 0.4) is 0 Å². The molecule has 0 spiro atoms. The Hall–Kier alpha value is -1.47. The zero-order valence-corrected chi connectivity index (χ0v) is 16.8. The minimum Gasteiger partial charge on any atom is -0.347 e. The van der Waals surface area contributed by atoms with Crippen molar-refractivity contribution < 1.29 is 4.79 Å². The monoisotopic (exact) mass is 388 g/mol. The van der Waals surface area contributed by atoms with Gasteiger partial charge in [-0.05, 0) is 38.7 Å². The number of rotatable bonds is 4. The van der Waals surface area contributed by atoms with Gasteiger partial charge in [0.1, 0.15) is 5.82 Å². The van der Waals surface area contributed by atoms with Crippen LogP contribution in [0.2, 0.25) is 0 Å². The molecule has 1 N–H and O–H groups in total. The molecular weight excluding hydrogens is 364 g/mol. The molecule has 2 aliphatic carbocycles. The van der Waals surface area contributed by atoms with Gasteiger partial charge in [0, 0.05) is 40.2 Å². The first-order valence-electron chi connectivity index (χ1n) is 9.57. The summed E-state index contributed by atoms with van der Waals surface area (Å²) in [6.07, 6.45) is 6.25. The van der Waals surface area contributed by atoms with Crippen molar-refractivity contribution in [3.63, 3.8) is 0 Å². The van der Waals surface area contributed by atoms with Gasteiger partial charge < -0.3 is 10.2 Å². The van der Waals surface area contributed by atoms with Gasteiger partial charge in [-0.15, -0.1) is 11.3 Å². The average Bonchev–Trinajstić information content (AvgIpc) is 3.40. The number of aryl methyl sites for hydroxylation is 1. The first-order valence-corrected chi connectivity index (χ1v) is 11.2. The smallest absolute Gasteiger partial charge is 0.252 e. The third kappa shape index (κ3) is 2.59. The predicted molar refractivity (Wildman–Crippen MR) is 105 cm³/mol.